The van der Waals surface area contributed by atoms with Crippen molar-refractivity contribution in [3.05, 3.63) is 53.6 Å². The van der Waals surface area contributed by atoms with Gasteiger partial charge in [0.25, 0.3) is 5.91 Å². The van der Waals surface area contributed by atoms with Crippen molar-refractivity contribution in [2.24, 2.45) is 0 Å². The Morgan fingerprint density at radius 3 is 2.55 bits per heavy atom. The fourth-order valence-corrected chi connectivity index (χ4v) is 4.30. The van der Waals surface area contributed by atoms with Crippen LogP contribution in [0.1, 0.15) is 27.6 Å². The van der Waals surface area contributed by atoms with Crippen LogP contribution in [0.4, 0.5) is 11.4 Å². The van der Waals surface area contributed by atoms with Crippen molar-refractivity contribution in [2.45, 2.75) is 11.8 Å². The summed E-state index contributed by atoms with van der Waals surface area (Å²) in [4.78, 5) is 27.2. The lowest BCUT2D eigenvalue weighted by molar-refractivity contribution is 0.0602. The van der Waals surface area contributed by atoms with Crippen molar-refractivity contribution in [2.75, 3.05) is 50.2 Å². The van der Waals surface area contributed by atoms with Crippen molar-refractivity contribution >= 4 is 33.3 Å². The van der Waals surface area contributed by atoms with Crippen molar-refractivity contribution < 1.29 is 27.5 Å². The van der Waals surface area contributed by atoms with Crippen LogP contribution in [-0.2, 0) is 19.5 Å². The highest BCUT2D eigenvalue weighted by Crippen LogP contribution is 2.26. The molecule has 1 amide bonds. The van der Waals surface area contributed by atoms with E-state index in [0.29, 0.717) is 26.3 Å². The first-order valence-corrected chi connectivity index (χ1v) is 11.3. The number of methoxy groups -OCH3 is 1. The van der Waals surface area contributed by atoms with E-state index in [1.807, 2.05) is 0 Å². The molecule has 1 saturated heterocycles. The summed E-state index contributed by atoms with van der Waals surface area (Å²) in [5.41, 5.74) is 1.44. The van der Waals surface area contributed by atoms with Gasteiger partial charge in [-0.15, -0.1) is 0 Å². The van der Waals surface area contributed by atoms with E-state index in [1.54, 1.807) is 25.1 Å². The largest absolute Gasteiger partial charge is 0.465 e. The number of carbonyl (C=O) groups excluding carboxylic acids is 2. The van der Waals surface area contributed by atoms with E-state index in [4.69, 9.17) is 9.47 Å². The fourth-order valence-electron chi connectivity index (χ4n) is 3.21. The topological polar surface area (TPSA) is 114 Å². The van der Waals surface area contributed by atoms with Crippen molar-refractivity contribution in [1.29, 1.82) is 0 Å². The Morgan fingerprint density at radius 1 is 1.13 bits per heavy atom. The fraction of sp³-hybridized carbons (Fsp3) is 0.333. The van der Waals surface area contributed by atoms with Crippen LogP contribution in [0.15, 0.2) is 47.4 Å². The summed E-state index contributed by atoms with van der Waals surface area (Å²) in [6, 6.07) is 10.8. The van der Waals surface area contributed by atoms with Gasteiger partial charge in [0.05, 0.1) is 36.5 Å². The summed E-state index contributed by atoms with van der Waals surface area (Å²) in [7, 11) is -2.43. The highest BCUT2D eigenvalue weighted by molar-refractivity contribution is 7.89. The van der Waals surface area contributed by atoms with Crippen LogP contribution in [0, 0.1) is 0 Å². The summed E-state index contributed by atoms with van der Waals surface area (Å²) < 4.78 is 37.1. The smallest absolute Gasteiger partial charge is 0.340 e. The number of esters is 1. The van der Waals surface area contributed by atoms with Crippen LogP contribution in [0.5, 0.6) is 0 Å². The number of hydrogen-bond acceptors (Lipinski definition) is 7. The lowest BCUT2D eigenvalue weighted by Gasteiger charge is -2.29. The number of anilines is 2. The van der Waals surface area contributed by atoms with E-state index in [0.717, 1.165) is 5.69 Å². The minimum absolute atomic E-state index is 0.0159. The molecule has 0 aliphatic carbocycles. The van der Waals surface area contributed by atoms with Gasteiger partial charge < -0.3 is 19.7 Å². The zero-order valence-corrected chi connectivity index (χ0v) is 18.2. The van der Waals surface area contributed by atoms with E-state index in [9.17, 15) is 18.0 Å². The molecule has 2 N–H and O–H groups in total. The quantitative estimate of drug-likeness (QED) is 0.623. The first kappa shape index (κ1) is 22.7. The van der Waals surface area contributed by atoms with Gasteiger partial charge in [0, 0.05) is 30.9 Å². The summed E-state index contributed by atoms with van der Waals surface area (Å²) in [6.45, 7) is 4.48. The number of sulfonamides is 1. The molecule has 1 aliphatic heterocycles. The van der Waals surface area contributed by atoms with E-state index in [2.05, 4.69) is 14.9 Å². The Labute approximate surface area is 181 Å². The molecule has 1 aliphatic rings. The molecule has 9 nitrogen and oxygen atoms in total. The number of benzene rings is 2. The van der Waals surface area contributed by atoms with Gasteiger partial charge in [-0.2, -0.15) is 0 Å². The summed E-state index contributed by atoms with van der Waals surface area (Å²) in [5.74, 6) is -1.13. The van der Waals surface area contributed by atoms with E-state index in [-0.39, 0.29) is 28.3 Å². The van der Waals surface area contributed by atoms with Crippen molar-refractivity contribution in [1.82, 2.24) is 4.72 Å². The maximum absolute atomic E-state index is 12.8. The Morgan fingerprint density at radius 2 is 1.87 bits per heavy atom. The molecule has 2 aromatic carbocycles. The van der Waals surface area contributed by atoms with E-state index in [1.165, 1.54) is 31.4 Å². The number of hydrogen-bond donors (Lipinski definition) is 2. The summed E-state index contributed by atoms with van der Waals surface area (Å²) in [6.07, 6.45) is 0. The second-order valence-corrected chi connectivity index (χ2v) is 8.57. The summed E-state index contributed by atoms with van der Waals surface area (Å²) in [5, 5.41) is 2.68. The molecule has 0 unspecified atom stereocenters. The standard InChI is InChI=1S/C21H25N3O6S/c1-3-22-31(27,28)17-6-4-5-15(13-17)20(25)23-19-8-7-16(14-18(19)21(26)29-2)24-9-11-30-12-10-24/h4-8,13-14,22H,3,9-12H2,1-2H3,(H,23,25). The minimum Gasteiger partial charge on any atom is -0.465 e. The molecule has 166 valence electrons. The predicted octanol–water partition coefficient (Wildman–Crippen LogP) is 1.86. The molecular weight excluding hydrogens is 422 g/mol. The van der Waals surface area contributed by atoms with Crippen molar-refractivity contribution in [3.63, 3.8) is 0 Å². The van der Waals surface area contributed by atoms with Gasteiger partial charge in [-0.3, -0.25) is 4.79 Å². The van der Waals surface area contributed by atoms with Crippen LogP contribution in [0.3, 0.4) is 0 Å². The number of nitrogens with zero attached hydrogens (tertiary/aromatic N) is 1. The highest BCUT2D eigenvalue weighted by atomic mass is 32.2. The molecule has 0 aromatic heterocycles. The molecule has 3 rings (SSSR count). The third-order valence-electron chi connectivity index (χ3n) is 4.77. The van der Waals surface area contributed by atoms with Crippen LogP contribution < -0.4 is 14.9 Å². The van der Waals surface area contributed by atoms with Crippen LogP contribution in [0.25, 0.3) is 0 Å². The predicted molar refractivity (Wildman–Crippen MR) is 116 cm³/mol. The maximum Gasteiger partial charge on any atom is 0.340 e. The lowest BCUT2D eigenvalue weighted by atomic mass is 10.1. The van der Waals surface area contributed by atoms with Gasteiger partial charge in [-0.25, -0.2) is 17.9 Å². The molecule has 2 aromatic rings. The molecule has 0 radical (unpaired) electrons. The molecule has 0 bridgehead atoms. The second-order valence-electron chi connectivity index (χ2n) is 6.80. The molecule has 1 heterocycles. The third kappa shape index (κ3) is 5.40. The SMILES string of the molecule is CCNS(=O)(=O)c1cccc(C(=O)Nc2ccc(N3CCOCC3)cc2C(=O)OC)c1. The zero-order chi connectivity index (χ0) is 22.4. The van der Waals surface area contributed by atoms with Gasteiger partial charge >= 0.3 is 5.97 Å². The normalized spacial score (nSPS) is 14.2. The number of amides is 1. The molecular formula is C21H25N3O6S. The number of nitrogens with one attached hydrogen (secondary N) is 2. The maximum atomic E-state index is 12.8. The molecule has 31 heavy (non-hydrogen) atoms. The Hall–Kier alpha value is -2.95. The highest BCUT2D eigenvalue weighted by Gasteiger charge is 2.20. The van der Waals surface area contributed by atoms with Gasteiger partial charge in [0.15, 0.2) is 0 Å². The van der Waals surface area contributed by atoms with Crippen LogP contribution in [0.2, 0.25) is 0 Å². The van der Waals surface area contributed by atoms with Crippen molar-refractivity contribution in [3.8, 4) is 0 Å². The monoisotopic (exact) mass is 447 g/mol. The van der Waals surface area contributed by atoms with Gasteiger partial charge in [0.1, 0.15) is 0 Å². The first-order chi connectivity index (χ1) is 14.9. The third-order valence-corrected chi connectivity index (χ3v) is 6.32. The van der Waals surface area contributed by atoms with E-state index >= 15 is 0 Å². The summed E-state index contributed by atoms with van der Waals surface area (Å²) >= 11 is 0. The average Bonchev–Trinajstić information content (AvgIpc) is 2.79. The van der Waals surface area contributed by atoms with Crippen LogP contribution in [-0.4, -0.2) is 60.3 Å². The Bertz CT molecular complexity index is 1060. The molecule has 0 saturated carbocycles. The first-order valence-electron chi connectivity index (χ1n) is 9.82. The lowest BCUT2D eigenvalue weighted by Crippen LogP contribution is -2.36. The second kappa shape index (κ2) is 9.90. The number of morpholine rings is 1. The van der Waals surface area contributed by atoms with Gasteiger partial charge in [-0.05, 0) is 36.4 Å². The molecule has 1 fully saturated rings. The average molecular weight is 448 g/mol. The number of carbonyl (C=O) groups is 2. The molecule has 0 spiro atoms. The molecule has 0 atom stereocenters. The minimum atomic E-state index is -3.70. The zero-order valence-electron chi connectivity index (χ0n) is 17.4. The Balaban J connectivity index is 1.87. The van der Waals surface area contributed by atoms with E-state index < -0.39 is 21.9 Å². The molecule has 10 heteroatoms. The Kier molecular flexibility index (Phi) is 7.26. The van der Waals surface area contributed by atoms with Gasteiger partial charge in [-0.1, -0.05) is 13.0 Å². The number of rotatable bonds is 7. The van der Waals surface area contributed by atoms with Gasteiger partial charge in [0.2, 0.25) is 10.0 Å². The number of ether oxygens (including phenoxy) is 2. The van der Waals surface area contributed by atoms with Crippen LogP contribution >= 0.6 is 0 Å².